The van der Waals surface area contributed by atoms with Gasteiger partial charge < -0.3 is 5.32 Å². The van der Waals surface area contributed by atoms with Crippen LogP contribution in [0.4, 0.5) is 11.4 Å². The molecule has 0 unspecified atom stereocenters. The van der Waals surface area contributed by atoms with Crippen molar-refractivity contribution in [2.45, 2.75) is 18.3 Å². The summed E-state index contributed by atoms with van der Waals surface area (Å²) in [6.07, 6.45) is 9.09. The molecule has 3 aliphatic rings. The van der Waals surface area contributed by atoms with Gasteiger partial charge in [0.25, 0.3) is 0 Å². The summed E-state index contributed by atoms with van der Waals surface area (Å²) in [5.41, 5.74) is 15.3. The van der Waals surface area contributed by atoms with Gasteiger partial charge in [-0.1, -0.05) is 109 Å². The fraction of sp³-hybridized carbons (Fsp3) is 0.0811. The SMILES string of the molecule is C1=CC(c2ccc(Nc3ccc4c(c3)C3(c5ccccc5-c5ccccc53)c3ccccc3-4)cc2)=CCC1. The summed E-state index contributed by atoms with van der Waals surface area (Å²) in [7, 11) is 0. The van der Waals surface area contributed by atoms with E-state index in [2.05, 4.69) is 139 Å². The van der Waals surface area contributed by atoms with E-state index in [9.17, 15) is 0 Å². The highest BCUT2D eigenvalue weighted by Crippen LogP contribution is 2.62. The molecular weight excluding hydrogens is 458 g/mol. The van der Waals surface area contributed by atoms with Crippen molar-refractivity contribution in [3.63, 3.8) is 0 Å². The van der Waals surface area contributed by atoms with Crippen molar-refractivity contribution in [2.24, 2.45) is 0 Å². The maximum atomic E-state index is 3.71. The summed E-state index contributed by atoms with van der Waals surface area (Å²) in [6.45, 7) is 0. The molecule has 1 nitrogen and oxygen atoms in total. The minimum Gasteiger partial charge on any atom is -0.356 e. The molecule has 1 N–H and O–H groups in total. The molecule has 1 heteroatoms. The molecule has 8 rings (SSSR count). The zero-order valence-corrected chi connectivity index (χ0v) is 21.1. The highest BCUT2D eigenvalue weighted by atomic mass is 14.9. The zero-order valence-electron chi connectivity index (χ0n) is 21.1. The molecule has 5 aromatic carbocycles. The molecule has 180 valence electrons. The van der Waals surface area contributed by atoms with Gasteiger partial charge in [-0.2, -0.15) is 0 Å². The Hall–Kier alpha value is -4.62. The highest BCUT2D eigenvalue weighted by molar-refractivity contribution is 5.95. The number of hydrogen-bond donors (Lipinski definition) is 1. The van der Waals surface area contributed by atoms with Gasteiger partial charge in [-0.05, 0) is 92.8 Å². The van der Waals surface area contributed by atoms with Crippen LogP contribution in [0.15, 0.2) is 133 Å². The van der Waals surface area contributed by atoms with Gasteiger partial charge in [-0.15, -0.1) is 0 Å². The van der Waals surface area contributed by atoms with Gasteiger partial charge in [-0.3, -0.25) is 0 Å². The Morgan fingerprint density at radius 1 is 0.500 bits per heavy atom. The largest absolute Gasteiger partial charge is 0.356 e. The minimum atomic E-state index is -0.305. The van der Waals surface area contributed by atoms with Crippen LogP contribution in [0.1, 0.15) is 40.7 Å². The van der Waals surface area contributed by atoms with Crippen molar-refractivity contribution in [1.82, 2.24) is 0 Å². The normalized spacial score (nSPS) is 15.4. The van der Waals surface area contributed by atoms with Gasteiger partial charge in [-0.25, -0.2) is 0 Å². The van der Waals surface area contributed by atoms with Crippen LogP contribution in [0, 0.1) is 0 Å². The molecule has 0 saturated carbocycles. The molecule has 3 aliphatic carbocycles. The summed E-state index contributed by atoms with van der Waals surface area (Å²) in [5, 5.41) is 3.71. The number of hydrogen-bond acceptors (Lipinski definition) is 1. The average molecular weight is 486 g/mol. The van der Waals surface area contributed by atoms with Gasteiger partial charge >= 0.3 is 0 Å². The third-order valence-corrected chi connectivity index (χ3v) is 8.50. The molecule has 1 spiro atoms. The second kappa shape index (κ2) is 8.19. The first kappa shape index (κ1) is 21.5. The lowest BCUT2D eigenvalue weighted by Crippen LogP contribution is -2.25. The number of anilines is 2. The van der Waals surface area contributed by atoms with E-state index in [0.717, 1.165) is 24.2 Å². The second-order valence-electron chi connectivity index (χ2n) is 10.5. The zero-order chi connectivity index (χ0) is 25.1. The van der Waals surface area contributed by atoms with E-state index in [1.54, 1.807) is 0 Å². The summed E-state index contributed by atoms with van der Waals surface area (Å²) in [4.78, 5) is 0. The van der Waals surface area contributed by atoms with E-state index in [4.69, 9.17) is 0 Å². The molecule has 5 aromatic rings. The fourth-order valence-electron chi connectivity index (χ4n) is 6.91. The molecule has 0 atom stereocenters. The molecule has 0 amide bonds. The van der Waals surface area contributed by atoms with Crippen LogP contribution in [0.2, 0.25) is 0 Å². The van der Waals surface area contributed by atoms with Crippen molar-refractivity contribution in [3.05, 3.63) is 161 Å². The Morgan fingerprint density at radius 3 is 1.63 bits per heavy atom. The van der Waals surface area contributed by atoms with Gasteiger partial charge in [0, 0.05) is 11.4 Å². The Kier molecular flexibility index (Phi) is 4.63. The van der Waals surface area contributed by atoms with E-state index in [-0.39, 0.29) is 5.41 Å². The van der Waals surface area contributed by atoms with Crippen LogP contribution in [-0.2, 0) is 5.41 Å². The number of rotatable bonds is 3. The second-order valence-corrected chi connectivity index (χ2v) is 10.5. The van der Waals surface area contributed by atoms with Crippen molar-refractivity contribution in [1.29, 1.82) is 0 Å². The lowest BCUT2D eigenvalue weighted by Gasteiger charge is -2.30. The van der Waals surface area contributed by atoms with Gasteiger partial charge in [0.1, 0.15) is 0 Å². The summed E-state index contributed by atoms with van der Waals surface area (Å²) >= 11 is 0. The molecule has 0 heterocycles. The third-order valence-electron chi connectivity index (χ3n) is 8.50. The smallest absolute Gasteiger partial charge is 0.0726 e. The summed E-state index contributed by atoms with van der Waals surface area (Å²) < 4.78 is 0. The molecule has 38 heavy (non-hydrogen) atoms. The summed E-state index contributed by atoms with van der Waals surface area (Å²) in [5.74, 6) is 0. The van der Waals surface area contributed by atoms with E-state index in [1.807, 2.05) is 0 Å². The van der Waals surface area contributed by atoms with Crippen molar-refractivity contribution < 1.29 is 0 Å². The van der Waals surface area contributed by atoms with Crippen LogP contribution in [0.25, 0.3) is 27.8 Å². The molecule has 0 fully saturated rings. The number of fused-ring (bicyclic) bond motifs is 10. The van der Waals surface area contributed by atoms with Gasteiger partial charge in [0.05, 0.1) is 5.41 Å². The molecule has 0 bridgehead atoms. The molecule has 0 radical (unpaired) electrons. The van der Waals surface area contributed by atoms with Crippen LogP contribution in [0.5, 0.6) is 0 Å². The minimum absolute atomic E-state index is 0.305. The standard InChI is InChI=1S/C37H27N/c1-2-10-25(11-3-1)26-18-20-27(21-19-26)38-28-22-23-32-31-14-6-9-17-35(31)37(36(32)24-28)33-15-7-4-12-29(33)30-13-5-8-16-34(30)37/h2,4-24,38H,1,3H2. The van der Waals surface area contributed by atoms with Crippen LogP contribution >= 0.6 is 0 Å². The molecular formula is C37H27N. The van der Waals surface area contributed by atoms with Crippen LogP contribution < -0.4 is 5.32 Å². The number of allylic oxidation sites excluding steroid dienone is 4. The fourth-order valence-corrected chi connectivity index (χ4v) is 6.91. The van der Waals surface area contributed by atoms with Crippen LogP contribution in [0.3, 0.4) is 0 Å². The average Bonchev–Trinajstić information content (AvgIpc) is 3.45. The first-order chi connectivity index (χ1) is 18.8. The van der Waals surface area contributed by atoms with E-state index in [1.165, 1.54) is 55.6 Å². The van der Waals surface area contributed by atoms with E-state index < -0.39 is 0 Å². The number of nitrogens with one attached hydrogen (secondary N) is 1. The predicted molar refractivity (Wildman–Crippen MR) is 159 cm³/mol. The summed E-state index contributed by atoms with van der Waals surface area (Å²) in [6, 6.07) is 42.6. The van der Waals surface area contributed by atoms with Crippen molar-refractivity contribution in [2.75, 3.05) is 5.32 Å². The first-order valence-corrected chi connectivity index (χ1v) is 13.5. The van der Waals surface area contributed by atoms with Crippen molar-refractivity contribution >= 4 is 16.9 Å². The lowest BCUT2D eigenvalue weighted by atomic mass is 9.70. The Morgan fingerprint density at radius 2 is 1.05 bits per heavy atom. The predicted octanol–water partition coefficient (Wildman–Crippen LogP) is 9.51. The Bertz CT molecular complexity index is 1720. The monoisotopic (exact) mass is 485 g/mol. The first-order valence-electron chi connectivity index (χ1n) is 13.5. The molecule has 0 aliphatic heterocycles. The Labute approximate surface area is 223 Å². The quantitative estimate of drug-likeness (QED) is 0.263. The molecule has 0 aromatic heterocycles. The van der Waals surface area contributed by atoms with Crippen molar-refractivity contribution in [3.8, 4) is 22.3 Å². The Balaban J connectivity index is 1.27. The van der Waals surface area contributed by atoms with Crippen LogP contribution in [-0.4, -0.2) is 0 Å². The highest BCUT2D eigenvalue weighted by Gasteiger charge is 2.51. The van der Waals surface area contributed by atoms with Gasteiger partial charge in [0.2, 0.25) is 0 Å². The molecule has 0 saturated heterocycles. The number of benzene rings is 5. The topological polar surface area (TPSA) is 12.0 Å². The maximum absolute atomic E-state index is 3.71. The van der Waals surface area contributed by atoms with E-state index in [0.29, 0.717) is 0 Å². The lowest BCUT2D eigenvalue weighted by molar-refractivity contribution is 0.794. The third kappa shape index (κ3) is 2.93. The van der Waals surface area contributed by atoms with Gasteiger partial charge in [0.15, 0.2) is 0 Å². The van der Waals surface area contributed by atoms with E-state index >= 15 is 0 Å². The maximum Gasteiger partial charge on any atom is 0.0726 e.